The Hall–Kier alpha value is -1.56. The van der Waals surface area contributed by atoms with Crippen molar-refractivity contribution in [3.63, 3.8) is 0 Å². The van der Waals surface area contributed by atoms with Crippen molar-refractivity contribution in [1.82, 2.24) is 20.4 Å². The predicted octanol–water partition coefficient (Wildman–Crippen LogP) is 0.454. The third kappa shape index (κ3) is 3.22. The van der Waals surface area contributed by atoms with E-state index >= 15 is 0 Å². The fourth-order valence-electron chi connectivity index (χ4n) is 2.31. The number of amides is 1. The number of piperidine rings is 1. The zero-order valence-electron chi connectivity index (χ0n) is 10.8. The molecular weight excluding hydrogens is 230 g/mol. The number of nitrogens with one attached hydrogen (secondary N) is 2. The van der Waals surface area contributed by atoms with E-state index in [1.165, 1.54) is 19.0 Å². The minimum atomic E-state index is -0.144. The van der Waals surface area contributed by atoms with Crippen LogP contribution in [0.15, 0.2) is 6.20 Å². The summed E-state index contributed by atoms with van der Waals surface area (Å²) in [5.74, 6) is 0.907. The molecule has 0 aliphatic carbocycles. The van der Waals surface area contributed by atoms with E-state index in [-0.39, 0.29) is 5.91 Å². The first-order valence-corrected chi connectivity index (χ1v) is 6.42. The molecule has 100 valence electrons. The molecule has 0 radical (unpaired) electrons. The molecule has 1 saturated heterocycles. The van der Waals surface area contributed by atoms with E-state index < -0.39 is 0 Å². The summed E-state index contributed by atoms with van der Waals surface area (Å²) in [6.45, 7) is 3.03. The average Bonchev–Trinajstić information content (AvgIpc) is 2.78. The van der Waals surface area contributed by atoms with Crippen molar-refractivity contribution in [2.24, 2.45) is 5.92 Å². The number of nitrogens with zero attached hydrogens (tertiary/aromatic N) is 2. The van der Waals surface area contributed by atoms with Gasteiger partial charge in [0.25, 0.3) is 5.91 Å². The zero-order chi connectivity index (χ0) is 13.0. The van der Waals surface area contributed by atoms with Gasteiger partial charge in [-0.3, -0.25) is 9.89 Å². The van der Waals surface area contributed by atoms with Gasteiger partial charge in [-0.15, -0.1) is 0 Å². The Bertz CT molecular complexity index is 395. The van der Waals surface area contributed by atoms with Crippen molar-refractivity contribution in [3.05, 3.63) is 11.8 Å². The first-order chi connectivity index (χ1) is 8.66. The predicted molar refractivity (Wildman–Crippen MR) is 70.2 cm³/mol. The van der Waals surface area contributed by atoms with E-state index in [4.69, 9.17) is 5.73 Å². The highest BCUT2D eigenvalue weighted by molar-refractivity contribution is 5.97. The lowest BCUT2D eigenvalue weighted by Gasteiger charge is -2.28. The minimum Gasteiger partial charge on any atom is -0.383 e. The number of anilines is 1. The zero-order valence-corrected chi connectivity index (χ0v) is 10.8. The maximum absolute atomic E-state index is 11.8. The molecule has 18 heavy (non-hydrogen) atoms. The molecule has 2 rings (SSSR count). The number of aromatic amines is 1. The van der Waals surface area contributed by atoms with Crippen molar-refractivity contribution < 1.29 is 4.79 Å². The second-order valence-corrected chi connectivity index (χ2v) is 4.99. The van der Waals surface area contributed by atoms with Crippen LogP contribution in [0.1, 0.15) is 29.6 Å². The van der Waals surface area contributed by atoms with Gasteiger partial charge in [0.15, 0.2) is 0 Å². The van der Waals surface area contributed by atoms with E-state index in [0.29, 0.717) is 17.9 Å². The summed E-state index contributed by atoms with van der Waals surface area (Å²) in [6.07, 6.45) is 4.94. The fraction of sp³-hybridized carbons (Fsp3) is 0.667. The highest BCUT2D eigenvalue weighted by Gasteiger charge is 2.17. The van der Waals surface area contributed by atoms with Crippen LogP contribution in [-0.4, -0.2) is 47.7 Å². The Morgan fingerprint density at radius 3 is 2.94 bits per heavy atom. The van der Waals surface area contributed by atoms with Gasteiger partial charge >= 0.3 is 0 Å². The molecule has 6 nitrogen and oxygen atoms in total. The van der Waals surface area contributed by atoms with Gasteiger partial charge in [-0.25, -0.2) is 0 Å². The van der Waals surface area contributed by atoms with Crippen LogP contribution >= 0.6 is 0 Å². The molecule has 0 bridgehead atoms. The van der Waals surface area contributed by atoms with Crippen molar-refractivity contribution in [1.29, 1.82) is 0 Å². The monoisotopic (exact) mass is 251 g/mol. The average molecular weight is 251 g/mol. The minimum absolute atomic E-state index is 0.144. The lowest BCUT2D eigenvalue weighted by atomic mass is 9.94. The van der Waals surface area contributed by atoms with Crippen LogP contribution in [0.5, 0.6) is 0 Å². The standard InChI is InChI=1S/C12H21N5O/c1-17-6-3-9(4-7-17)2-5-14-12(18)10-8-15-16-11(10)13/h8-9H,2-7H2,1H3,(H,14,18)(H3,13,15,16). The summed E-state index contributed by atoms with van der Waals surface area (Å²) in [5, 5.41) is 9.18. The van der Waals surface area contributed by atoms with Crippen LogP contribution in [0.2, 0.25) is 0 Å². The summed E-state index contributed by atoms with van der Waals surface area (Å²) in [5.41, 5.74) is 6.02. The highest BCUT2D eigenvalue weighted by Crippen LogP contribution is 2.18. The maximum Gasteiger partial charge on any atom is 0.256 e. The molecule has 2 heterocycles. The van der Waals surface area contributed by atoms with Gasteiger partial charge in [0.05, 0.1) is 6.20 Å². The number of aromatic nitrogens is 2. The van der Waals surface area contributed by atoms with E-state index in [0.717, 1.165) is 25.4 Å². The number of carbonyl (C=O) groups is 1. The van der Waals surface area contributed by atoms with Gasteiger partial charge in [-0.05, 0) is 45.3 Å². The van der Waals surface area contributed by atoms with E-state index in [9.17, 15) is 4.79 Å². The highest BCUT2D eigenvalue weighted by atomic mass is 16.1. The van der Waals surface area contributed by atoms with Gasteiger partial charge in [0.2, 0.25) is 0 Å². The number of hydrogen-bond donors (Lipinski definition) is 3. The Morgan fingerprint density at radius 2 is 2.33 bits per heavy atom. The summed E-state index contributed by atoms with van der Waals surface area (Å²) >= 11 is 0. The van der Waals surface area contributed by atoms with Crippen molar-refractivity contribution in [2.75, 3.05) is 32.4 Å². The molecule has 1 fully saturated rings. The van der Waals surface area contributed by atoms with Crippen LogP contribution in [-0.2, 0) is 0 Å². The first kappa shape index (κ1) is 12.9. The number of carbonyl (C=O) groups excluding carboxylic acids is 1. The molecule has 0 unspecified atom stereocenters. The van der Waals surface area contributed by atoms with Gasteiger partial charge in [0, 0.05) is 6.54 Å². The van der Waals surface area contributed by atoms with Crippen LogP contribution in [0.4, 0.5) is 5.82 Å². The summed E-state index contributed by atoms with van der Waals surface area (Å²) in [6, 6.07) is 0. The van der Waals surface area contributed by atoms with Crippen LogP contribution in [0, 0.1) is 5.92 Å². The molecule has 0 aromatic carbocycles. The number of nitrogen functional groups attached to an aromatic ring is 1. The van der Waals surface area contributed by atoms with Gasteiger partial charge in [0.1, 0.15) is 11.4 Å². The largest absolute Gasteiger partial charge is 0.383 e. The number of likely N-dealkylation sites (tertiary alicyclic amines) is 1. The molecular formula is C12H21N5O. The summed E-state index contributed by atoms with van der Waals surface area (Å²) in [7, 11) is 2.15. The Kier molecular flexibility index (Phi) is 4.19. The third-order valence-corrected chi connectivity index (χ3v) is 3.59. The van der Waals surface area contributed by atoms with Crippen LogP contribution in [0.3, 0.4) is 0 Å². The summed E-state index contributed by atoms with van der Waals surface area (Å²) in [4.78, 5) is 14.1. The molecule has 1 aromatic heterocycles. The molecule has 0 spiro atoms. The van der Waals surface area contributed by atoms with E-state index in [1.54, 1.807) is 0 Å². The third-order valence-electron chi connectivity index (χ3n) is 3.59. The second-order valence-electron chi connectivity index (χ2n) is 4.99. The molecule has 1 aliphatic heterocycles. The smallest absolute Gasteiger partial charge is 0.256 e. The maximum atomic E-state index is 11.8. The lowest BCUT2D eigenvalue weighted by Crippen LogP contribution is -2.32. The molecule has 4 N–H and O–H groups in total. The Morgan fingerprint density at radius 1 is 1.61 bits per heavy atom. The van der Waals surface area contributed by atoms with E-state index in [2.05, 4.69) is 27.5 Å². The van der Waals surface area contributed by atoms with Gasteiger partial charge in [-0.2, -0.15) is 5.10 Å². The number of nitrogens with two attached hydrogens (primary N) is 1. The molecule has 0 atom stereocenters. The number of hydrogen-bond acceptors (Lipinski definition) is 4. The number of H-pyrrole nitrogens is 1. The Labute approximate surface area is 107 Å². The first-order valence-electron chi connectivity index (χ1n) is 6.42. The fourth-order valence-corrected chi connectivity index (χ4v) is 2.31. The molecule has 1 aromatic rings. The van der Waals surface area contributed by atoms with Crippen LogP contribution in [0.25, 0.3) is 0 Å². The topological polar surface area (TPSA) is 87.0 Å². The molecule has 0 saturated carbocycles. The van der Waals surface area contributed by atoms with E-state index in [1.807, 2.05) is 0 Å². The van der Waals surface area contributed by atoms with Crippen molar-refractivity contribution in [3.8, 4) is 0 Å². The molecule has 1 aliphatic rings. The SMILES string of the molecule is CN1CCC(CCNC(=O)c2cn[nH]c2N)CC1. The second kappa shape index (κ2) is 5.86. The lowest BCUT2D eigenvalue weighted by molar-refractivity contribution is 0.0950. The Balaban J connectivity index is 1.69. The number of rotatable bonds is 4. The van der Waals surface area contributed by atoms with Crippen molar-refractivity contribution >= 4 is 11.7 Å². The normalized spacial score (nSPS) is 17.8. The van der Waals surface area contributed by atoms with Gasteiger partial charge < -0.3 is 16.0 Å². The van der Waals surface area contributed by atoms with Crippen molar-refractivity contribution in [2.45, 2.75) is 19.3 Å². The quantitative estimate of drug-likeness (QED) is 0.725. The molecule has 1 amide bonds. The van der Waals surface area contributed by atoms with Crippen LogP contribution < -0.4 is 11.1 Å². The summed E-state index contributed by atoms with van der Waals surface area (Å²) < 4.78 is 0. The van der Waals surface area contributed by atoms with Gasteiger partial charge in [-0.1, -0.05) is 0 Å². The molecule has 6 heteroatoms.